The summed E-state index contributed by atoms with van der Waals surface area (Å²) in [5.74, 6) is 0. The van der Waals surface area contributed by atoms with Crippen molar-refractivity contribution in [2.75, 3.05) is 7.11 Å². The molecule has 15 heavy (non-hydrogen) atoms. The molecule has 0 aliphatic carbocycles. The predicted octanol–water partition coefficient (Wildman–Crippen LogP) is 3.37. The highest BCUT2D eigenvalue weighted by Crippen LogP contribution is 2.02. The molecule has 0 unspecified atom stereocenters. The summed E-state index contributed by atoms with van der Waals surface area (Å²) in [6, 6.07) is 8.66. The summed E-state index contributed by atoms with van der Waals surface area (Å²) < 4.78 is 3.86. The van der Waals surface area contributed by atoms with Crippen LogP contribution in [0.4, 0.5) is 0 Å². The molecule has 0 aliphatic rings. The third kappa shape index (κ3) is 10.6. The van der Waals surface area contributed by atoms with E-state index in [1.807, 2.05) is 13.8 Å². The van der Waals surface area contributed by atoms with Crippen molar-refractivity contribution in [2.45, 2.75) is 34.1 Å². The lowest BCUT2D eigenvalue weighted by Crippen LogP contribution is -1.77. The zero-order chi connectivity index (χ0) is 12.1. The van der Waals surface area contributed by atoms with E-state index in [1.54, 1.807) is 0 Å². The van der Waals surface area contributed by atoms with Gasteiger partial charge in [-0.3, -0.25) is 4.79 Å². The van der Waals surface area contributed by atoms with E-state index in [1.165, 1.54) is 18.2 Å². The van der Waals surface area contributed by atoms with Gasteiger partial charge in [0.05, 0.1) is 7.11 Å². The number of hydrogen-bond acceptors (Lipinski definition) is 2. The lowest BCUT2D eigenvalue weighted by atomic mass is 10.1. The Labute approximate surface area is 93.3 Å². The van der Waals surface area contributed by atoms with Crippen LogP contribution >= 0.6 is 0 Å². The van der Waals surface area contributed by atoms with Gasteiger partial charge in [-0.2, -0.15) is 0 Å². The molecule has 0 aromatic heterocycles. The van der Waals surface area contributed by atoms with Crippen molar-refractivity contribution < 1.29 is 9.53 Å². The van der Waals surface area contributed by atoms with Gasteiger partial charge in [-0.25, -0.2) is 0 Å². The van der Waals surface area contributed by atoms with Crippen molar-refractivity contribution in [1.82, 2.24) is 0 Å². The van der Waals surface area contributed by atoms with E-state index in [9.17, 15) is 0 Å². The highest BCUT2D eigenvalue weighted by atomic mass is 16.5. The lowest BCUT2D eigenvalue weighted by molar-refractivity contribution is -0.126. The zero-order valence-electron chi connectivity index (χ0n) is 10.4. The summed E-state index contributed by atoms with van der Waals surface area (Å²) in [4.78, 5) is 8.95. The Morgan fingerprint density at radius 1 is 1.20 bits per heavy atom. The van der Waals surface area contributed by atoms with Gasteiger partial charge in [0.15, 0.2) is 0 Å². The van der Waals surface area contributed by atoms with E-state index < -0.39 is 0 Å². The topological polar surface area (TPSA) is 26.3 Å². The number of ether oxygens (including phenoxy) is 1. The first-order valence-electron chi connectivity index (χ1n) is 5.26. The third-order valence-corrected chi connectivity index (χ3v) is 1.63. The van der Waals surface area contributed by atoms with Gasteiger partial charge in [0.2, 0.25) is 0 Å². The summed E-state index contributed by atoms with van der Waals surface area (Å²) in [6.07, 6.45) is 1.14. The number of aryl methyl sites for hydroxylation is 2. The van der Waals surface area contributed by atoms with E-state index in [4.69, 9.17) is 4.79 Å². The molecule has 1 aromatic carbocycles. The Kier molecular flexibility index (Phi) is 13.6. The van der Waals surface area contributed by atoms with Crippen LogP contribution in [0, 0.1) is 6.92 Å². The number of carbonyl (C=O) groups excluding carboxylic acids is 1. The van der Waals surface area contributed by atoms with E-state index >= 15 is 0 Å². The lowest BCUT2D eigenvalue weighted by Gasteiger charge is -1.94. The molecule has 0 amide bonds. The molecule has 86 valence electrons. The van der Waals surface area contributed by atoms with E-state index in [2.05, 4.69) is 42.8 Å². The number of benzene rings is 1. The van der Waals surface area contributed by atoms with E-state index in [-0.39, 0.29) is 0 Å². The second-order valence-corrected chi connectivity index (χ2v) is 2.67. The first-order valence-corrected chi connectivity index (χ1v) is 5.26. The summed E-state index contributed by atoms with van der Waals surface area (Å²) >= 11 is 0. The van der Waals surface area contributed by atoms with Crippen molar-refractivity contribution in [3.05, 3.63) is 35.4 Å². The summed E-state index contributed by atoms with van der Waals surface area (Å²) in [5, 5.41) is 0. The fourth-order valence-corrected chi connectivity index (χ4v) is 0.824. The molecule has 0 fully saturated rings. The molecule has 0 N–H and O–H groups in total. The Hall–Kier alpha value is -1.31. The molecule has 0 aliphatic heterocycles. The third-order valence-electron chi connectivity index (χ3n) is 1.63. The average Bonchev–Trinajstić information content (AvgIpc) is 2.33. The van der Waals surface area contributed by atoms with Crippen LogP contribution in [0.5, 0.6) is 0 Å². The van der Waals surface area contributed by atoms with Crippen molar-refractivity contribution in [1.29, 1.82) is 0 Å². The SMILES string of the molecule is CC.CCc1ccc(C)cc1.COC=O. The molecular formula is C13H22O2. The van der Waals surface area contributed by atoms with Crippen LogP contribution < -0.4 is 0 Å². The van der Waals surface area contributed by atoms with Crippen LogP contribution in [-0.2, 0) is 16.0 Å². The van der Waals surface area contributed by atoms with Crippen molar-refractivity contribution in [2.24, 2.45) is 0 Å². The predicted molar refractivity (Wildman–Crippen MR) is 65.0 cm³/mol. The highest BCUT2D eigenvalue weighted by Gasteiger charge is 1.84. The van der Waals surface area contributed by atoms with Gasteiger partial charge in [0.1, 0.15) is 0 Å². The molecule has 1 aromatic rings. The van der Waals surface area contributed by atoms with Gasteiger partial charge in [0.25, 0.3) is 6.47 Å². The Balaban J connectivity index is 0. The maximum Gasteiger partial charge on any atom is 0.292 e. The molecule has 0 bridgehead atoms. The average molecular weight is 210 g/mol. The Bertz CT molecular complexity index is 227. The smallest absolute Gasteiger partial charge is 0.292 e. The second kappa shape index (κ2) is 12.7. The fourth-order valence-electron chi connectivity index (χ4n) is 0.824. The minimum absolute atomic E-state index is 0.375. The van der Waals surface area contributed by atoms with Crippen LogP contribution in [0.25, 0.3) is 0 Å². The van der Waals surface area contributed by atoms with Crippen LogP contribution in [0.15, 0.2) is 24.3 Å². The molecule has 0 radical (unpaired) electrons. The quantitative estimate of drug-likeness (QED) is 0.699. The number of methoxy groups -OCH3 is 1. The van der Waals surface area contributed by atoms with Crippen LogP contribution in [0.2, 0.25) is 0 Å². The summed E-state index contributed by atoms with van der Waals surface area (Å²) in [6.45, 7) is 8.66. The molecule has 1 rings (SSSR count). The first kappa shape index (κ1) is 16.1. The maximum absolute atomic E-state index is 8.95. The summed E-state index contributed by atoms with van der Waals surface area (Å²) in [7, 11) is 1.31. The van der Waals surface area contributed by atoms with Crippen molar-refractivity contribution in [3.8, 4) is 0 Å². The van der Waals surface area contributed by atoms with Crippen molar-refractivity contribution in [3.63, 3.8) is 0 Å². The minimum atomic E-state index is 0.375. The molecule has 0 atom stereocenters. The number of rotatable bonds is 2. The van der Waals surface area contributed by atoms with Crippen LogP contribution in [0.1, 0.15) is 31.9 Å². The second-order valence-electron chi connectivity index (χ2n) is 2.67. The first-order chi connectivity index (χ1) is 7.24. The molecule has 2 nitrogen and oxygen atoms in total. The van der Waals surface area contributed by atoms with Gasteiger partial charge in [-0.05, 0) is 18.9 Å². The largest absolute Gasteiger partial charge is 0.471 e. The fraction of sp³-hybridized carbons (Fsp3) is 0.462. The van der Waals surface area contributed by atoms with E-state index in [0.29, 0.717) is 6.47 Å². The van der Waals surface area contributed by atoms with Gasteiger partial charge < -0.3 is 4.74 Å². The molecule has 2 heteroatoms. The van der Waals surface area contributed by atoms with Gasteiger partial charge in [-0.15, -0.1) is 0 Å². The minimum Gasteiger partial charge on any atom is -0.471 e. The van der Waals surface area contributed by atoms with Crippen LogP contribution in [0.3, 0.4) is 0 Å². The number of carbonyl (C=O) groups is 1. The Morgan fingerprint density at radius 2 is 1.60 bits per heavy atom. The molecule has 0 saturated heterocycles. The number of hydrogen-bond donors (Lipinski definition) is 0. The van der Waals surface area contributed by atoms with Crippen LogP contribution in [-0.4, -0.2) is 13.6 Å². The summed E-state index contributed by atoms with van der Waals surface area (Å²) in [5.41, 5.74) is 2.76. The molecule has 0 heterocycles. The van der Waals surface area contributed by atoms with E-state index in [0.717, 1.165) is 6.42 Å². The molecule has 0 saturated carbocycles. The monoisotopic (exact) mass is 210 g/mol. The Morgan fingerprint density at radius 3 is 1.87 bits per heavy atom. The highest BCUT2D eigenvalue weighted by molar-refractivity contribution is 5.36. The maximum atomic E-state index is 8.95. The normalized spacial score (nSPS) is 7.53. The standard InChI is InChI=1S/C9H12.C2H4O2.C2H6/c1-3-9-6-4-8(2)5-7-9;1-4-2-3;1-2/h4-7H,3H2,1-2H3;2H,1H3;1-2H3. The molecular weight excluding hydrogens is 188 g/mol. The van der Waals surface area contributed by atoms with Crippen molar-refractivity contribution >= 4 is 6.47 Å². The van der Waals surface area contributed by atoms with Gasteiger partial charge in [0, 0.05) is 0 Å². The zero-order valence-corrected chi connectivity index (χ0v) is 10.4. The molecule has 0 spiro atoms. The van der Waals surface area contributed by atoms with Gasteiger partial charge in [-0.1, -0.05) is 50.6 Å². The van der Waals surface area contributed by atoms with Gasteiger partial charge >= 0.3 is 0 Å².